The number of urea groups is 1. The number of carboxylic acid groups (broad SMARTS) is 7. The van der Waals surface area contributed by atoms with E-state index in [-0.39, 0.29) is 51.7 Å². The molecule has 4 unspecified atom stereocenters. The Labute approximate surface area is 397 Å². The number of nitrogens with two attached hydrogens (primary N) is 2. The van der Waals surface area contributed by atoms with Gasteiger partial charge in [0.15, 0.2) is 25.5 Å². The molecule has 0 fully saturated rings. The van der Waals surface area contributed by atoms with Crippen LogP contribution < -0.4 is 41.7 Å². The number of aliphatic carboxylic acids is 7. The average molecular weight is 998 g/mol. The van der Waals surface area contributed by atoms with Crippen LogP contribution in [0, 0.1) is 0 Å². The van der Waals surface area contributed by atoms with E-state index >= 15 is 0 Å². The predicted molar refractivity (Wildman–Crippen MR) is 230 cm³/mol. The first-order valence-corrected chi connectivity index (χ1v) is 21.4. The standard InChI is InChI=1S/C39H57N13O18/c1-39(41,9-8-23(40)35(65)42-10-4-3-5-24(36(66)67)43-38(70)44-25(37(68)69)6-7-30(55)56)50-15-26-46(17-28(53)48(19-31(57)58)20-32(59)60)11-13-51(26)45(2)52-14-12-47(27(52)16-50)18-29(54)49(21-33(61)62)22-34(63)64/h11-14,23-25H,3-10,15-22,40-41H2,1-2H3,(H8-2,42,43,44,55,56,57,58,59,60,61,62,63,64,65,66,67,68,69,70)/p+2. The number of aromatic nitrogens is 4. The van der Waals surface area contributed by atoms with Crippen LogP contribution in [0.3, 0.4) is 0 Å². The number of nitrogens with one attached hydrogen (secondary N) is 3. The van der Waals surface area contributed by atoms with Crippen LogP contribution in [-0.2, 0) is 74.1 Å². The van der Waals surface area contributed by atoms with E-state index in [9.17, 15) is 83.4 Å². The summed E-state index contributed by atoms with van der Waals surface area (Å²) in [4.78, 5) is 135. The number of carboxylic acids is 7. The lowest BCUT2D eigenvalue weighted by molar-refractivity contribution is -0.697. The topological polar surface area (TPSA) is 448 Å². The molecule has 0 bridgehead atoms. The van der Waals surface area contributed by atoms with Crippen LogP contribution in [0.4, 0.5) is 4.79 Å². The van der Waals surface area contributed by atoms with E-state index in [1.54, 1.807) is 45.7 Å². The van der Waals surface area contributed by atoms with E-state index in [0.717, 1.165) is 0 Å². The summed E-state index contributed by atoms with van der Waals surface area (Å²) < 4.78 is 6.05. The van der Waals surface area contributed by atoms with Gasteiger partial charge in [-0.15, -0.1) is 0 Å². The van der Waals surface area contributed by atoms with E-state index in [1.807, 2.05) is 5.32 Å². The molecule has 3 heterocycles. The molecule has 70 heavy (non-hydrogen) atoms. The van der Waals surface area contributed by atoms with Crippen LogP contribution in [0.15, 0.2) is 24.8 Å². The molecule has 0 aromatic carbocycles. The fourth-order valence-electron chi connectivity index (χ4n) is 7.20. The molecule has 3 rings (SSSR count). The third kappa shape index (κ3) is 17.0. The van der Waals surface area contributed by atoms with E-state index in [0.29, 0.717) is 21.4 Å². The van der Waals surface area contributed by atoms with Crippen molar-refractivity contribution in [3.05, 3.63) is 36.4 Å². The Balaban J connectivity index is 1.81. The maximum atomic E-state index is 13.4. The molecule has 2 aromatic heterocycles. The number of carbonyl (C=O) groups excluding carboxylic acids is 4. The van der Waals surface area contributed by atoms with Gasteiger partial charge in [-0.2, -0.15) is 0 Å². The number of unbranched alkanes of at least 4 members (excludes halogenated alkanes) is 1. The average Bonchev–Trinajstić information content (AvgIpc) is 3.83. The summed E-state index contributed by atoms with van der Waals surface area (Å²) in [6.07, 6.45) is 5.28. The van der Waals surface area contributed by atoms with Crippen molar-refractivity contribution in [1.29, 1.82) is 0 Å². The summed E-state index contributed by atoms with van der Waals surface area (Å²) in [6, 6.07) is -5.33. The molecular formula is C39H59N13O18+2. The quantitative estimate of drug-likeness (QED) is 0.0267. The lowest BCUT2D eigenvalue weighted by Crippen LogP contribution is -2.60. The Bertz CT molecular complexity index is 2170. The van der Waals surface area contributed by atoms with Crippen LogP contribution in [-0.4, -0.2) is 189 Å². The van der Waals surface area contributed by atoms with Crippen LogP contribution in [0.1, 0.15) is 63.5 Å². The first kappa shape index (κ1) is 56.4. The van der Waals surface area contributed by atoms with E-state index in [2.05, 4.69) is 10.6 Å². The SMILES string of the molecule is CN1n2cc[n+](CC(=O)N(CC(=O)O)CC(=O)O)c2CN(C(C)(N)CCC(N)C(=O)NCCCCC(NC(=O)NC(CCC(=O)O)C(=O)O)C(=O)O)Cc2n1cc[n+]2CC(=O)N(CC(=O)O)CC(=O)O. The van der Waals surface area contributed by atoms with Gasteiger partial charge in [-0.25, -0.2) is 23.5 Å². The Kier molecular flexibility index (Phi) is 20.5. The highest BCUT2D eigenvalue weighted by Crippen LogP contribution is 2.23. The van der Waals surface area contributed by atoms with Crippen molar-refractivity contribution in [3.63, 3.8) is 0 Å². The van der Waals surface area contributed by atoms with Crippen molar-refractivity contribution < 1.29 is 97.6 Å². The molecule has 2 aromatic rings. The van der Waals surface area contributed by atoms with Gasteiger partial charge in [0.1, 0.15) is 63.7 Å². The van der Waals surface area contributed by atoms with Crippen molar-refractivity contribution >= 4 is 65.5 Å². The molecule has 31 nitrogen and oxygen atoms in total. The number of rotatable bonds is 29. The first-order chi connectivity index (χ1) is 32.7. The first-order valence-electron chi connectivity index (χ1n) is 21.4. The lowest BCUT2D eigenvalue weighted by atomic mass is 10.00. The summed E-state index contributed by atoms with van der Waals surface area (Å²) in [5, 5.41) is 73.5. The lowest BCUT2D eigenvalue weighted by Gasteiger charge is -2.38. The van der Waals surface area contributed by atoms with Crippen LogP contribution >= 0.6 is 0 Å². The molecule has 5 amide bonds. The summed E-state index contributed by atoms with van der Waals surface area (Å²) >= 11 is 0. The maximum absolute atomic E-state index is 13.4. The van der Waals surface area contributed by atoms with Gasteiger partial charge in [0.25, 0.3) is 23.5 Å². The van der Waals surface area contributed by atoms with Gasteiger partial charge in [0, 0.05) is 13.0 Å². The zero-order valence-electron chi connectivity index (χ0n) is 38.2. The maximum Gasteiger partial charge on any atom is 0.326 e. The fourth-order valence-corrected chi connectivity index (χ4v) is 7.20. The van der Waals surface area contributed by atoms with Crippen LogP contribution in [0.2, 0.25) is 0 Å². The second-order valence-corrected chi connectivity index (χ2v) is 16.4. The molecule has 1 aliphatic rings. The minimum Gasteiger partial charge on any atom is -0.481 e. The highest BCUT2D eigenvalue weighted by molar-refractivity contribution is 5.87. The van der Waals surface area contributed by atoms with Crippen LogP contribution in [0.5, 0.6) is 0 Å². The molecule has 0 radical (unpaired) electrons. The zero-order valence-corrected chi connectivity index (χ0v) is 38.2. The van der Waals surface area contributed by atoms with Crippen molar-refractivity contribution in [3.8, 4) is 0 Å². The zero-order chi connectivity index (χ0) is 52.6. The molecule has 0 saturated heterocycles. The van der Waals surface area contributed by atoms with Gasteiger partial charge in [0.2, 0.25) is 5.91 Å². The van der Waals surface area contributed by atoms with Gasteiger partial charge < -0.3 is 73.0 Å². The summed E-state index contributed by atoms with van der Waals surface area (Å²) in [5.41, 5.74) is 11.9. The van der Waals surface area contributed by atoms with Crippen molar-refractivity contribution in [2.45, 2.75) is 102 Å². The number of hydrogen-bond acceptors (Lipinski definition) is 15. The Morgan fingerprint density at radius 3 is 1.50 bits per heavy atom. The second-order valence-electron chi connectivity index (χ2n) is 16.4. The number of nitrogens with zero attached hydrogens (tertiary/aromatic N) is 8. The van der Waals surface area contributed by atoms with Gasteiger partial charge >= 0.3 is 47.8 Å². The van der Waals surface area contributed by atoms with Crippen molar-refractivity contribution in [2.75, 3.05) is 44.9 Å². The normalized spacial score (nSPS) is 14.4. The molecule has 386 valence electrons. The van der Waals surface area contributed by atoms with Gasteiger partial charge in [-0.1, -0.05) is 14.5 Å². The Morgan fingerprint density at radius 1 is 0.671 bits per heavy atom. The molecule has 0 saturated carbocycles. The minimum absolute atomic E-state index is 0.0137. The smallest absolute Gasteiger partial charge is 0.326 e. The minimum atomic E-state index is -1.59. The number of amides is 5. The number of imidazole rings is 2. The molecule has 0 aliphatic carbocycles. The Hall–Kier alpha value is -7.93. The molecule has 4 atom stereocenters. The molecule has 31 heteroatoms. The monoisotopic (exact) mass is 997 g/mol. The highest BCUT2D eigenvalue weighted by Gasteiger charge is 2.41. The largest absolute Gasteiger partial charge is 0.481 e. The third-order valence-electron chi connectivity index (χ3n) is 11.0. The summed E-state index contributed by atoms with van der Waals surface area (Å²) in [7, 11) is 1.61. The second kappa shape index (κ2) is 25.4. The molecular weight excluding hydrogens is 939 g/mol. The number of fused-ring (bicyclic) bond motifs is 2. The highest BCUT2D eigenvalue weighted by atomic mass is 16.4. The van der Waals surface area contributed by atoms with Gasteiger partial charge in [-0.3, -0.25) is 43.3 Å². The van der Waals surface area contributed by atoms with Crippen molar-refractivity contribution in [1.82, 2.24) is 40.0 Å². The summed E-state index contributed by atoms with van der Waals surface area (Å²) in [5.74, 6) is -11.6. The molecule has 14 N–H and O–H groups in total. The van der Waals surface area contributed by atoms with E-state index < -0.39 is 141 Å². The third-order valence-corrected chi connectivity index (χ3v) is 11.0. The van der Waals surface area contributed by atoms with E-state index in [4.69, 9.17) is 16.6 Å². The van der Waals surface area contributed by atoms with E-state index in [1.165, 1.54) is 21.5 Å². The van der Waals surface area contributed by atoms with Crippen molar-refractivity contribution in [2.24, 2.45) is 11.5 Å². The number of hydrogen-bond donors (Lipinski definition) is 12. The van der Waals surface area contributed by atoms with Gasteiger partial charge in [-0.05, 0) is 45.4 Å². The predicted octanol–water partition coefficient (Wildman–Crippen LogP) is -5.65. The Morgan fingerprint density at radius 2 is 1.10 bits per heavy atom. The molecule has 1 aliphatic heterocycles. The fraction of sp³-hybridized carbons (Fsp3) is 0.564. The van der Waals surface area contributed by atoms with Gasteiger partial charge in [0.05, 0.1) is 18.8 Å². The molecule has 0 spiro atoms. The summed E-state index contributed by atoms with van der Waals surface area (Å²) in [6.45, 7) is -3.18. The number of carbonyl (C=O) groups is 11. The van der Waals surface area contributed by atoms with Crippen LogP contribution in [0.25, 0.3) is 0 Å².